The Morgan fingerprint density at radius 2 is 1.95 bits per heavy atom. The van der Waals surface area contributed by atoms with E-state index in [0.717, 1.165) is 19.4 Å². The first-order valence-corrected chi connectivity index (χ1v) is 7.17. The molecule has 22 heavy (non-hydrogen) atoms. The van der Waals surface area contributed by atoms with Crippen LogP contribution >= 0.6 is 24.8 Å². The van der Waals surface area contributed by atoms with Crippen LogP contribution in [0.2, 0.25) is 6.32 Å². The van der Waals surface area contributed by atoms with E-state index in [1.165, 1.54) is 7.11 Å². The number of esters is 1. The van der Waals surface area contributed by atoms with E-state index in [1.807, 2.05) is 19.0 Å². The van der Waals surface area contributed by atoms with Gasteiger partial charge in [-0.2, -0.15) is 0 Å². The van der Waals surface area contributed by atoms with Gasteiger partial charge in [0, 0.05) is 12.5 Å². The Kier molecular flexibility index (Phi) is 11.8. The number of methoxy groups -OCH3 is 1. The molecule has 1 aliphatic rings. The van der Waals surface area contributed by atoms with Gasteiger partial charge in [0.05, 0.1) is 7.11 Å². The number of ether oxygens (including phenoxy) is 1. The van der Waals surface area contributed by atoms with Gasteiger partial charge in [-0.3, -0.25) is 4.79 Å². The number of halogens is 2. The second kappa shape index (κ2) is 10.7. The van der Waals surface area contributed by atoms with Crippen molar-refractivity contribution < 1.29 is 19.6 Å². The van der Waals surface area contributed by atoms with Gasteiger partial charge in [0.2, 0.25) is 0 Å². The van der Waals surface area contributed by atoms with Crippen molar-refractivity contribution in [2.45, 2.75) is 37.5 Å². The van der Waals surface area contributed by atoms with Gasteiger partial charge in [-0.05, 0) is 45.6 Å². The van der Waals surface area contributed by atoms with Crippen LogP contribution in [0, 0.1) is 11.8 Å². The maximum Gasteiger partial charge on any atom is 0.451 e. The Bertz CT molecular complexity index is 337. The van der Waals surface area contributed by atoms with Crippen LogP contribution in [-0.4, -0.2) is 61.3 Å². The molecule has 0 saturated heterocycles. The molecule has 4 N–H and O–H groups in total. The molecule has 1 rings (SSSR count). The van der Waals surface area contributed by atoms with Crippen LogP contribution in [0.5, 0.6) is 0 Å². The van der Waals surface area contributed by atoms with Gasteiger partial charge in [0.15, 0.2) is 0 Å². The minimum absolute atomic E-state index is 0. The lowest BCUT2D eigenvalue weighted by atomic mass is 9.66. The third-order valence-electron chi connectivity index (χ3n) is 4.26. The molecule has 1 saturated carbocycles. The summed E-state index contributed by atoms with van der Waals surface area (Å²) in [5, 5.41) is 17.9. The Morgan fingerprint density at radius 1 is 1.36 bits per heavy atom. The monoisotopic (exact) mass is 358 g/mol. The second-order valence-electron chi connectivity index (χ2n) is 6.20. The zero-order chi connectivity index (χ0) is 15.3. The molecular weight excluding hydrogens is 330 g/mol. The predicted octanol–water partition coefficient (Wildman–Crippen LogP) is 0.541. The molecule has 6 nitrogen and oxygen atoms in total. The highest BCUT2D eigenvalue weighted by molar-refractivity contribution is 6.40. The van der Waals surface area contributed by atoms with Gasteiger partial charge in [-0.1, -0.05) is 6.42 Å². The summed E-state index contributed by atoms with van der Waals surface area (Å²) in [4.78, 5) is 14.1. The maximum atomic E-state index is 12.1. The first-order chi connectivity index (χ1) is 9.29. The smallest absolute Gasteiger partial charge is 0.451 e. The summed E-state index contributed by atoms with van der Waals surface area (Å²) in [6.07, 6.45) is 3.35. The molecule has 132 valence electrons. The Balaban J connectivity index is 0. The van der Waals surface area contributed by atoms with E-state index in [9.17, 15) is 4.79 Å². The topological polar surface area (TPSA) is 96.0 Å². The number of nitrogens with two attached hydrogens (primary N) is 1. The maximum absolute atomic E-state index is 12.1. The van der Waals surface area contributed by atoms with E-state index >= 15 is 0 Å². The van der Waals surface area contributed by atoms with Crippen LogP contribution in [0.4, 0.5) is 0 Å². The fraction of sp³-hybridized carbons (Fsp3) is 0.923. The van der Waals surface area contributed by atoms with E-state index in [-0.39, 0.29) is 42.6 Å². The van der Waals surface area contributed by atoms with E-state index in [2.05, 4.69) is 0 Å². The minimum atomic E-state index is -1.29. The van der Waals surface area contributed by atoms with Crippen molar-refractivity contribution in [3.8, 4) is 0 Å². The number of carbonyl (C=O) groups excluding carboxylic acids is 1. The van der Waals surface area contributed by atoms with Crippen LogP contribution in [0.1, 0.15) is 25.7 Å². The van der Waals surface area contributed by atoms with Crippen LogP contribution in [0.3, 0.4) is 0 Å². The SMILES string of the molecule is COC(=O)[C@@]1(N)C[C@H](CCB(O)O)CC[C@H]1CN(C)C.Cl.Cl. The lowest BCUT2D eigenvalue weighted by Gasteiger charge is -2.43. The second-order valence-corrected chi connectivity index (χ2v) is 6.20. The molecule has 0 bridgehead atoms. The highest BCUT2D eigenvalue weighted by Crippen LogP contribution is 2.38. The first kappa shape index (κ1) is 24.2. The van der Waals surface area contributed by atoms with E-state index < -0.39 is 12.7 Å². The average Bonchev–Trinajstić information content (AvgIpc) is 2.37. The van der Waals surface area contributed by atoms with Crippen molar-refractivity contribution in [1.29, 1.82) is 0 Å². The average molecular weight is 359 g/mol. The molecule has 1 fully saturated rings. The fourth-order valence-corrected chi connectivity index (χ4v) is 3.21. The highest BCUT2D eigenvalue weighted by atomic mass is 35.5. The van der Waals surface area contributed by atoms with Gasteiger partial charge in [0.1, 0.15) is 5.54 Å². The molecule has 1 aliphatic carbocycles. The number of carbonyl (C=O) groups is 1. The van der Waals surface area contributed by atoms with Gasteiger partial charge < -0.3 is 25.4 Å². The molecule has 0 aliphatic heterocycles. The molecule has 0 heterocycles. The van der Waals surface area contributed by atoms with Crippen molar-refractivity contribution in [2.24, 2.45) is 17.6 Å². The summed E-state index contributed by atoms with van der Waals surface area (Å²) in [6.45, 7) is 0.751. The molecule has 0 radical (unpaired) electrons. The molecule has 0 spiro atoms. The molecule has 0 aromatic heterocycles. The van der Waals surface area contributed by atoms with Crippen LogP contribution in [0.15, 0.2) is 0 Å². The third kappa shape index (κ3) is 6.60. The summed E-state index contributed by atoms with van der Waals surface area (Å²) < 4.78 is 4.90. The van der Waals surface area contributed by atoms with Crippen molar-refractivity contribution in [3.63, 3.8) is 0 Å². The third-order valence-corrected chi connectivity index (χ3v) is 4.26. The number of rotatable bonds is 6. The summed E-state index contributed by atoms with van der Waals surface area (Å²) in [6, 6.07) is 0. The number of hydrogen-bond donors (Lipinski definition) is 3. The Hall–Kier alpha value is -0.0451. The van der Waals surface area contributed by atoms with Crippen LogP contribution in [-0.2, 0) is 9.53 Å². The Labute approximate surface area is 145 Å². The van der Waals surface area contributed by atoms with Gasteiger partial charge >= 0.3 is 13.1 Å². The van der Waals surface area contributed by atoms with Gasteiger partial charge in [-0.25, -0.2) is 0 Å². The number of hydrogen-bond acceptors (Lipinski definition) is 6. The van der Waals surface area contributed by atoms with Crippen LogP contribution in [0.25, 0.3) is 0 Å². The zero-order valence-electron chi connectivity index (χ0n) is 13.5. The van der Waals surface area contributed by atoms with Crippen molar-refractivity contribution in [1.82, 2.24) is 4.90 Å². The molecule has 9 heteroatoms. The summed E-state index contributed by atoms with van der Waals surface area (Å²) in [7, 11) is 4.00. The standard InChI is InChI=1S/C13H27BN2O4.2ClH/c1-16(2)9-11-5-4-10(6-7-14(18)19)8-13(11,15)12(17)20-3;;/h10-11,18-19H,4-9,15H2,1-3H3;2*1H/t10-,11-,13+;;/m0../s1. The highest BCUT2D eigenvalue weighted by Gasteiger charge is 2.47. The van der Waals surface area contributed by atoms with Crippen molar-refractivity contribution in [3.05, 3.63) is 0 Å². The molecule has 0 amide bonds. The quantitative estimate of drug-likeness (QED) is 0.473. The van der Waals surface area contributed by atoms with Crippen molar-refractivity contribution >= 4 is 37.9 Å². The van der Waals surface area contributed by atoms with Gasteiger partial charge in [-0.15, -0.1) is 24.8 Å². The van der Waals surface area contributed by atoms with E-state index in [4.69, 9.17) is 20.5 Å². The summed E-state index contributed by atoms with van der Waals surface area (Å²) in [5.74, 6) is -0.0573. The van der Waals surface area contributed by atoms with E-state index in [0.29, 0.717) is 19.2 Å². The largest absolute Gasteiger partial charge is 0.468 e. The zero-order valence-corrected chi connectivity index (χ0v) is 15.2. The Morgan fingerprint density at radius 3 is 2.41 bits per heavy atom. The summed E-state index contributed by atoms with van der Waals surface area (Å²) >= 11 is 0. The first-order valence-electron chi connectivity index (χ1n) is 7.17. The molecule has 0 aromatic rings. The molecule has 3 atom stereocenters. The minimum Gasteiger partial charge on any atom is -0.468 e. The lowest BCUT2D eigenvalue weighted by Crippen LogP contribution is -2.60. The normalized spacial score (nSPS) is 27.6. The fourth-order valence-electron chi connectivity index (χ4n) is 3.21. The van der Waals surface area contributed by atoms with Gasteiger partial charge in [0.25, 0.3) is 0 Å². The number of nitrogens with zero attached hydrogens (tertiary/aromatic N) is 1. The van der Waals surface area contributed by atoms with E-state index in [1.54, 1.807) is 0 Å². The molecular formula is C13H29BCl2N2O4. The lowest BCUT2D eigenvalue weighted by molar-refractivity contribution is -0.152. The molecule has 0 unspecified atom stereocenters. The summed E-state index contributed by atoms with van der Waals surface area (Å²) in [5.41, 5.74) is 5.41. The predicted molar refractivity (Wildman–Crippen MR) is 92.4 cm³/mol. The molecule has 0 aromatic carbocycles. The van der Waals surface area contributed by atoms with Crippen molar-refractivity contribution in [2.75, 3.05) is 27.7 Å². The van der Waals surface area contributed by atoms with Crippen LogP contribution < -0.4 is 5.73 Å².